The Morgan fingerprint density at radius 1 is 1.33 bits per heavy atom. The van der Waals surface area contributed by atoms with Crippen molar-refractivity contribution in [3.8, 4) is 0 Å². The number of rotatable bonds is 6. The van der Waals surface area contributed by atoms with E-state index in [1.54, 1.807) is 12.1 Å². The van der Waals surface area contributed by atoms with Gasteiger partial charge in [-0.3, -0.25) is 4.79 Å². The van der Waals surface area contributed by atoms with E-state index in [9.17, 15) is 9.18 Å². The van der Waals surface area contributed by atoms with Crippen LogP contribution in [0, 0.1) is 5.82 Å². The molecule has 1 aliphatic carbocycles. The lowest BCUT2D eigenvalue weighted by molar-refractivity contribution is -0.120. The third-order valence-electron chi connectivity index (χ3n) is 3.64. The number of halogens is 1. The Labute approximate surface area is 123 Å². The van der Waals surface area contributed by atoms with E-state index in [1.807, 2.05) is 12.4 Å². The second-order valence-electron chi connectivity index (χ2n) is 5.41. The number of benzene rings is 1. The van der Waals surface area contributed by atoms with Gasteiger partial charge in [0.1, 0.15) is 11.6 Å². The van der Waals surface area contributed by atoms with Crippen LogP contribution in [0.2, 0.25) is 0 Å². The second kappa shape index (κ2) is 6.08. The Morgan fingerprint density at radius 3 is 2.81 bits per heavy atom. The fraction of sp³-hybridized carbons (Fsp3) is 0.375. The maximum Gasteiger partial charge on any atom is 0.224 e. The highest BCUT2D eigenvalue weighted by Gasteiger charge is 2.27. The molecule has 1 aliphatic rings. The average Bonchev–Trinajstić information content (AvgIpc) is 3.21. The quantitative estimate of drug-likeness (QED) is 0.886. The molecule has 110 valence electrons. The third-order valence-corrected chi connectivity index (χ3v) is 3.64. The van der Waals surface area contributed by atoms with Crippen LogP contribution in [0.15, 0.2) is 36.7 Å². The van der Waals surface area contributed by atoms with Crippen molar-refractivity contribution in [3.63, 3.8) is 0 Å². The predicted octanol–water partition coefficient (Wildman–Crippen LogP) is 2.26. The van der Waals surface area contributed by atoms with E-state index in [4.69, 9.17) is 0 Å². The van der Waals surface area contributed by atoms with Crippen molar-refractivity contribution in [2.75, 3.05) is 6.54 Å². The first-order valence-corrected chi connectivity index (χ1v) is 7.24. The van der Waals surface area contributed by atoms with Gasteiger partial charge in [0, 0.05) is 31.4 Å². The Hall–Kier alpha value is -2.17. The molecule has 3 rings (SSSR count). The molecule has 0 unspecified atom stereocenters. The van der Waals surface area contributed by atoms with E-state index in [2.05, 4.69) is 14.9 Å². The summed E-state index contributed by atoms with van der Waals surface area (Å²) < 4.78 is 14.9. The van der Waals surface area contributed by atoms with Gasteiger partial charge in [0.05, 0.1) is 6.42 Å². The van der Waals surface area contributed by atoms with Crippen LogP contribution in [0.4, 0.5) is 4.39 Å². The van der Waals surface area contributed by atoms with Gasteiger partial charge >= 0.3 is 0 Å². The van der Waals surface area contributed by atoms with Crippen molar-refractivity contribution in [1.82, 2.24) is 14.9 Å². The summed E-state index contributed by atoms with van der Waals surface area (Å²) in [4.78, 5) is 16.2. The van der Waals surface area contributed by atoms with Crippen LogP contribution in [0.25, 0.3) is 0 Å². The number of hydrogen-bond acceptors (Lipinski definition) is 2. The zero-order chi connectivity index (χ0) is 14.7. The van der Waals surface area contributed by atoms with E-state index in [-0.39, 0.29) is 18.1 Å². The van der Waals surface area contributed by atoms with Crippen LogP contribution < -0.4 is 5.32 Å². The minimum absolute atomic E-state index is 0.0466. The van der Waals surface area contributed by atoms with Gasteiger partial charge in [0.25, 0.3) is 0 Å². The molecule has 1 aromatic carbocycles. The lowest BCUT2D eigenvalue weighted by Crippen LogP contribution is -2.28. The summed E-state index contributed by atoms with van der Waals surface area (Å²) in [5, 5.41) is 2.89. The Bertz CT molecular complexity index is 617. The molecule has 1 N–H and O–H groups in total. The summed E-state index contributed by atoms with van der Waals surface area (Å²) in [6.07, 6.45) is 6.48. The van der Waals surface area contributed by atoms with Crippen LogP contribution in [0.5, 0.6) is 0 Å². The number of nitrogens with one attached hydrogen (secondary N) is 1. The van der Waals surface area contributed by atoms with Crippen LogP contribution in [0.1, 0.15) is 30.1 Å². The van der Waals surface area contributed by atoms with Crippen LogP contribution in [0.3, 0.4) is 0 Å². The molecule has 1 aromatic heterocycles. The zero-order valence-corrected chi connectivity index (χ0v) is 11.8. The second-order valence-corrected chi connectivity index (χ2v) is 5.41. The number of imidazole rings is 1. The van der Waals surface area contributed by atoms with Gasteiger partial charge in [0.15, 0.2) is 0 Å². The van der Waals surface area contributed by atoms with Crippen molar-refractivity contribution in [2.24, 2.45) is 0 Å². The molecule has 0 atom stereocenters. The van der Waals surface area contributed by atoms with Crippen molar-refractivity contribution in [2.45, 2.75) is 31.7 Å². The first-order chi connectivity index (χ1) is 10.2. The maximum absolute atomic E-state index is 12.8. The number of amides is 1. The third kappa shape index (κ3) is 3.68. The van der Waals surface area contributed by atoms with Gasteiger partial charge in [-0.2, -0.15) is 0 Å². The SMILES string of the molecule is O=C(Cc1ccc(F)cc1)NCCn1ccnc1C1CC1. The molecule has 1 fully saturated rings. The predicted molar refractivity (Wildman–Crippen MR) is 77.3 cm³/mol. The molecule has 1 saturated carbocycles. The van der Waals surface area contributed by atoms with Crippen molar-refractivity contribution >= 4 is 5.91 Å². The smallest absolute Gasteiger partial charge is 0.224 e. The molecular weight excluding hydrogens is 269 g/mol. The fourth-order valence-corrected chi connectivity index (χ4v) is 2.38. The van der Waals surface area contributed by atoms with Gasteiger partial charge in [0.2, 0.25) is 5.91 Å². The van der Waals surface area contributed by atoms with Gasteiger partial charge in [-0.05, 0) is 30.5 Å². The van der Waals surface area contributed by atoms with Gasteiger partial charge in [-0.1, -0.05) is 12.1 Å². The maximum atomic E-state index is 12.8. The normalized spacial score (nSPS) is 14.1. The van der Waals surface area contributed by atoms with E-state index in [1.165, 1.54) is 25.0 Å². The van der Waals surface area contributed by atoms with E-state index >= 15 is 0 Å². The van der Waals surface area contributed by atoms with E-state index < -0.39 is 0 Å². The van der Waals surface area contributed by atoms with Crippen molar-refractivity contribution < 1.29 is 9.18 Å². The summed E-state index contributed by atoms with van der Waals surface area (Å²) >= 11 is 0. The lowest BCUT2D eigenvalue weighted by atomic mass is 10.1. The Balaban J connectivity index is 1.45. The molecule has 2 aromatic rings. The summed E-state index contributed by atoms with van der Waals surface area (Å²) in [5.74, 6) is 1.40. The summed E-state index contributed by atoms with van der Waals surface area (Å²) in [6.45, 7) is 1.32. The molecule has 21 heavy (non-hydrogen) atoms. The van der Waals surface area contributed by atoms with Gasteiger partial charge in [-0.25, -0.2) is 9.37 Å². The van der Waals surface area contributed by atoms with Crippen LogP contribution >= 0.6 is 0 Å². The van der Waals surface area contributed by atoms with Gasteiger partial charge in [-0.15, -0.1) is 0 Å². The molecule has 4 nitrogen and oxygen atoms in total. The van der Waals surface area contributed by atoms with Crippen molar-refractivity contribution in [1.29, 1.82) is 0 Å². The van der Waals surface area contributed by atoms with E-state index in [0.717, 1.165) is 17.9 Å². The van der Waals surface area contributed by atoms with Crippen LogP contribution in [-0.4, -0.2) is 22.0 Å². The topological polar surface area (TPSA) is 46.9 Å². The Morgan fingerprint density at radius 2 is 2.10 bits per heavy atom. The molecule has 0 aliphatic heterocycles. The number of hydrogen-bond donors (Lipinski definition) is 1. The standard InChI is InChI=1S/C16H18FN3O/c17-14-5-1-12(2-6-14)11-15(21)18-7-9-20-10-8-19-16(20)13-3-4-13/h1-2,5-6,8,10,13H,3-4,7,9,11H2,(H,18,21). The molecule has 0 saturated heterocycles. The minimum atomic E-state index is -0.285. The summed E-state index contributed by atoms with van der Waals surface area (Å²) in [6, 6.07) is 6.01. The van der Waals surface area contributed by atoms with Crippen LogP contribution in [-0.2, 0) is 17.8 Å². The van der Waals surface area contributed by atoms with Crippen molar-refractivity contribution in [3.05, 3.63) is 53.9 Å². The lowest BCUT2D eigenvalue weighted by Gasteiger charge is -2.08. The van der Waals surface area contributed by atoms with E-state index in [0.29, 0.717) is 12.5 Å². The molecule has 0 radical (unpaired) electrons. The largest absolute Gasteiger partial charge is 0.354 e. The zero-order valence-electron chi connectivity index (χ0n) is 11.8. The molecule has 0 spiro atoms. The summed E-state index contributed by atoms with van der Waals surface area (Å²) in [7, 11) is 0. The molecular formula is C16H18FN3O. The Kier molecular flexibility index (Phi) is 3.99. The highest BCUT2D eigenvalue weighted by atomic mass is 19.1. The van der Waals surface area contributed by atoms with Gasteiger partial charge < -0.3 is 9.88 Å². The number of aromatic nitrogens is 2. The molecule has 5 heteroatoms. The number of carbonyl (C=O) groups is 1. The first-order valence-electron chi connectivity index (χ1n) is 7.24. The number of carbonyl (C=O) groups excluding carboxylic acids is 1. The monoisotopic (exact) mass is 287 g/mol. The number of nitrogens with zero attached hydrogens (tertiary/aromatic N) is 2. The molecule has 1 amide bonds. The molecule has 0 bridgehead atoms. The highest BCUT2D eigenvalue weighted by molar-refractivity contribution is 5.78. The first kappa shape index (κ1) is 13.8. The average molecular weight is 287 g/mol. The summed E-state index contributed by atoms with van der Waals surface area (Å²) in [5.41, 5.74) is 0.815. The molecule has 1 heterocycles. The minimum Gasteiger partial charge on any atom is -0.354 e. The fourth-order valence-electron chi connectivity index (χ4n) is 2.38. The highest BCUT2D eigenvalue weighted by Crippen LogP contribution is 2.38.